The van der Waals surface area contributed by atoms with Crippen molar-refractivity contribution < 1.29 is 9.90 Å². The molecule has 1 aromatic carbocycles. The molecule has 0 aliphatic rings. The minimum atomic E-state index is -0.891. The normalized spacial score (nSPS) is 12.1. The van der Waals surface area contributed by atoms with E-state index in [2.05, 4.69) is 10.3 Å². The van der Waals surface area contributed by atoms with Crippen molar-refractivity contribution in [2.75, 3.05) is 5.32 Å². The highest BCUT2D eigenvalue weighted by atomic mass is 35.5. The Hall–Kier alpha value is -1.59. The summed E-state index contributed by atoms with van der Waals surface area (Å²) in [6.45, 7) is 1.61. The molecule has 0 radical (unpaired) electrons. The molecule has 1 atom stereocenters. The highest BCUT2D eigenvalue weighted by Gasteiger charge is 2.16. The average molecular weight is 283 g/mol. The molecule has 0 bridgehead atoms. The highest BCUT2D eigenvalue weighted by Crippen LogP contribution is 2.29. The van der Waals surface area contributed by atoms with Gasteiger partial charge in [-0.1, -0.05) is 17.7 Å². The fourth-order valence-corrected chi connectivity index (χ4v) is 2.39. The summed E-state index contributed by atoms with van der Waals surface area (Å²) >= 11 is 7.57. The van der Waals surface area contributed by atoms with Gasteiger partial charge in [-0.3, -0.25) is 4.79 Å². The third-order valence-corrected chi connectivity index (χ3v) is 3.54. The number of nitrogens with one attached hydrogen (secondary N) is 1. The SMILES string of the molecule is CC(C(=O)O)c1ccc(Nc2nccs2)cc1Cl. The van der Waals surface area contributed by atoms with Crippen LogP contribution < -0.4 is 5.32 Å². The lowest BCUT2D eigenvalue weighted by Crippen LogP contribution is -2.08. The minimum absolute atomic E-state index is 0.437. The van der Waals surface area contributed by atoms with Crippen LogP contribution in [-0.4, -0.2) is 16.1 Å². The number of carbonyl (C=O) groups is 1. The molecule has 0 saturated heterocycles. The van der Waals surface area contributed by atoms with Gasteiger partial charge in [0.25, 0.3) is 0 Å². The van der Waals surface area contributed by atoms with Crippen LogP contribution in [0.3, 0.4) is 0 Å². The van der Waals surface area contributed by atoms with E-state index in [1.807, 2.05) is 5.38 Å². The van der Waals surface area contributed by atoms with Crippen molar-refractivity contribution in [3.05, 3.63) is 40.4 Å². The number of thiazole rings is 1. The van der Waals surface area contributed by atoms with E-state index < -0.39 is 11.9 Å². The van der Waals surface area contributed by atoms with E-state index in [0.717, 1.165) is 10.8 Å². The second-order valence-corrected chi connectivity index (χ2v) is 5.06. The Morgan fingerprint density at radius 3 is 2.89 bits per heavy atom. The summed E-state index contributed by atoms with van der Waals surface area (Å²) in [6, 6.07) is 5.22. The Labute approximate surface area is 113 Å². The maximum atomic E-state index is 10.9. The number of anilines is 2. The molecular formula is C12H11ClN2O2S. The number of halogens is 1. The molecule has 0 aliphatic heterocycles. The maximum absolute atomic E-state index is 10.9. The van der Waals surface area contributed by atoms with Crippen LogP contribution in [0, 0.1) is 0 Å². The van der Waals surface area contributed by atoms with Crippen LogP contribution in [0.5, 0.6) is 0 Å². The third-order valence-electron chi connectivity index (χ3n) is 2.52. The third kappa shape index (κ3) is 2.80. The molecule has 0 spiro atoms. The van der Waals surface area contributed by atoms with Crippen molar-refractivity contribution in [3.8, 4) is 0 Å². The molecule has 2 aromatic rings. The number of hydrogen-bond donors (Lipinski definition) is 2. The van der Waals surface area contributed by atoms with E-state index in [1.165, 1.54) is 11.3 Å². The molecule has 1 aromatic heterocycles. The van der Waals surface area contributed by atoms with Gasteiger partial charge >= 0.3 is 5.97 Å². The lowest BCUT2D eigenvalue weighted by atomic mass is 10.0. The first-order valence-corrected chi connectivity index (χ1v) is 6.52. The van der Waals surface area contributed by atoms with Crippen LogP contribution in [0.15, 0.2) is 29.8 Å². The Morgan fingerprint density at radius 1 is 1.56 bits per heavy atom. The molecule has 1 heterocycles. The van der Waals surface area contributed by atoms with E-state index >= 15 is 0 Å². The predicted molar refractivity (Wildman–Crippen MR) is 72.9 cm³/mol. The summed E-state index contributed by atoms with van der Waals surface area (Å²) in [7, 11) is 0. The van der Waals surface area contributed by atoms with Crippen LogP contribution in [0.1, 0.15) is 18.4 Å². The number of carboxylic acid groups (broad SMARTS) is 1. The summed E-state index contributed by atoms with van der Waals surface area (Å²) in [6.07, 6.45) is 1.70. The fourth-order valence-electron chi connectivity index (χ4n) is 1.50. The summed E-state index contributed by atoms with van der Waals surface area (Å²) in [4.78, 5) is 15.0. The van der Waals surface area contributed by atoms with Gasteiger partial charge in [0.15, 0.2) is 5.13 Å². The number of nitrogens with zero attached hydrogens (tertiary/aromatic N) is 1. The molecule has 0 aliphatic carbocycles. The molecule has 2 rings (SSSR count). The Kier molecular flexibility index (Phi) is 3.84. The fraction of sp³-hybridized carbons (Fsp3) is 0.167. The van der Waals surface area contributed by atoms with Crippen molar-refractivity contribution >= 4 is 39.7 Å². The van der Waals surface area contributed by atoms with Gasteiger partial charge in [-0.2, -0.15) is 0 Å². The molecule has 2 N–H and O–H groups in total. The molecule has 0 amide bonds. The van der Waals surface area contributed by atoms with Gasteiger partial charge in [0.2, 0.25) is 0 Å². The minimum Gasteiger partial charge on any atom is -0.481 e. The monoisotopic (exact) mass is 282 g/mol. The highest BCUT2D eigenvalue weighted by molar-refractivity contribution is 7.13. The van der Waals surface area contributed by atoms with Gasteiger partial charge < -0.3 is 10.4 Å². The summed E-state index contributed by atoms with van der Waals surface area (Å²) in [5.41, 5.74) is 1.39. The number of hydrogen-bond acceptors (Lipinski definition) is 4. The van der Waals surface area contributed by atoms with Crippen LogP contribution in [0.25, 0.3) is 0 Å². The molecule has 94 valence electrons. The van der Waals surface area contributed by atoms with Gasteiger partial charge in [-0.05, 0) is 24.6 Å². The molecule has 6 heteroatoms. The molecule has 0 saturated carbocycles. The van der Waals surface area contributed by atoms with Crippen molar-refractivity contribution in [2.24, 2.45) is 0 Å². The summed E-state index contributed by atoms with van der Waals surface area (Å²) in [5.74, 6) is -1.51. The van der Waals surface area contributed by atoms with Gasteiger partial charge in [0.1, 0.15) is 0 Å². The van der Waals surface area contributed by atoms with Gasteiger partial charge in [-0.15, -0.1) is 11.3 Å². The Morgan fingerprint density at radius 2 is 2.33 bits per heavy atom. The van der Waals surface area contributed by atoms with Crippen molar-refractivity contribution in [1.82, 2.24) is 4.98 Å². The number of carboxylic acids is 1. The van der Waals surface area contributed by atoms with Gasteiger partial charge in [-0.25, -0.2) is 4.98 Å². The van der Waals surface area contributed by atoms with Gasteiger partial charge in [0, 0.05) is 22.3 Å². The lowest BCUT2D eigenvalue weighted by molar-refractivity contribution is -0.138. The van der Waals surface area contributed by atoms with Crippen LogP contribution in [-0.2, 0) is 4.79 Å². The van der Waals surface area contributed by atoms with E-state index in [1.54, 1.807) is 31.3 Å². The van der Waals surface area contributed by atoms with Crippen molar-refractivity contribution in [1.29, 1.82) is 0 Å². The zero-order valence-electron chi connectivity index (χ0n) is 9.55. The molecule has 1 unspecified atom stereocenters. The zero-order chi connectivity index (χ0) is 13.1. The van der Waals surface area contributed by atoms with E-state index in [-0.39, 0.29) is 0 Å². The van der Waals surface area contributed by atoms with E-state index in [4.69, 9.17) is 16.7 Å². The summed E-state index contributed by atoms with van der Waals surface area (Å²) < 4.78 is 0. The number of aliphatic carboxylic acids is 1. The molecule has 4 nitrogen and oxygen atoms in total. The number of rotatable bonds is 4. The van der Waals surface area contributed by atoms with Crippen molar-refractivity contribution in [2.45, 2.75) is 12.8 Å². The molecule has 0 fully saturated rings. The first-order valence-electron chi connectivity index (χ1n) is 5.26. The second kappa shape index (κ2) is 5.37. The topological polar surface area (TPSA) is 62.2 Å². The van der Waals surface area contributed by atoms with Crippen molar-refractivity contribution in [3.63, 3.8) is 0 Å². The Bertz CT molecular complexity index is 557. The maximum Gasteiger partial charge on any atom is 0.310 e. The van der Waals surface area contributed by atoms with E-state index in [9.17, 15) is 4.79 Å². The largest absolute Gasteiger partial charge is 0.481 e. The quantitative estimate of drug-likeness (QED) is 0.897. The number of aromatic nitrogens is 1. The van der Waals surface area contributed by atoms with E-state index in [0.29, 0.717) is 10.6 Å². The predicted octanol–water partition coefficient (Wildman–Crippen LogP) is 3.73. The van der Waals surface area contributed by atoms with Crippen LogP contribution in [0.2, 0.25) is 5.02 Å². The molecular weight excluding hydrogens is 272 g/mol. The zero-order valence-corrected chi connectivity index (χ0v) is 11.1. The standard InChI is InChI=1S/C12H11ClN2O2S/c1-7(11(16)17)9-3-2-8(6-10(9)13)15-12-14-4-5-18-12/h2-7H,1H3,(H,14,15)(H,16,17). The first kappa shape index (κ1) is 12.9. The summed E-state index contributed by atoms with van der Waals surface area (Å²) in [5, 5.41) is 15.1. The molecule has 18 heavy (non-hydrogen) atoms. The first-order chi connectivity index (χ1) is 8.58. The van der Waals surface area contributed by atoms with Crippen LogP contribution >= 0.6 is 22.9 Å². The van der Waals surface area contributed by atoms with Crippen LogP contribution in [0.4, 0.5) is 10.8 Å². The number of benzene rings is 1. The Balaban J connectivity index is 2.22. The van der Waals surface area contributed by atoms with Gasteiger partial charge in [0.05, 0.1) is 5.92 Å². The smallest absolute Gasteiger partial charge is 0.310 e. The average Bonchev–Trinajstić information content (AvgIpc) is 2.81. The second-order valence-electron chi connectivity index (χ2n) is 3.76. The lowest BCUT2D eigenvalue weighted by Gasteiger charge is -2.11.